The first-order chi connectivity index (χ1) is 12.7. The zero-order valence-corrected chi connectivity index (χ0v) is 15.0. The van der Waals surface area contributed by atoms with E-state index in [0.717, 1.165) is 37.6 Å². The van der Waals surface area contributed by atoms with Crippen molar-refractivity contribution in [2.45, 2.75) is 6.54 Å². The van der Waals surface area contributed by atoms with Crippen LogP contribution in [0.1, 0.15) is 16.4 Å². The van der Waals surface area contributed by atoms with E-state index in [1.54, 1.807) is 13.2 Å². The van der Waals surface area contributed by atoms with Gasteiger partial charge in [-0.15, -0.1) is 6.58 Å². The van der Waals surface area contributed by atoms with Gasteiger partial charge in [0.1, 0.15) is 12.0 Å². The maximum Gasteiger partial charge on any atom is 0.273 e. The van der Waals surface area contributed by atoms with Gasteiger partial charge < -0.3 is 19.4 Å². The van der Waals surface area contributed by atoms with Crippen molar-refractivity contribution in [3.8, 4) is 5.75 Å². The Morgan fingerprint density at radius 1 is 1.35 bits per heavy atom. The number of aromatic nitrogens is 1. The predicted octanol–water partition coefficient (Wildman–Crippen LogP) is 1.92. The first-order valence-corrected chi connectivity index (χ1v) is 8.65. The third-order valence-electron chi connectivity index (χ3n) is 4.35. The number of para-hydroxylation sites is 2. The molecule has 1 aliphatic rings. The van der Waals surface area contributed by atoms with Crippen molar-refractivity contribution in [3.63, 3.8) is 0 Å². The van der Waals surface area contributed by atoms with Crippen molar-refractivity contribution < 1.29 is 13.9 Å². The lowest BCUT2D eigenvalue weighted by atomic mass is 10.2. The van der Waals surface area contributed by atoms with Crippen LogP contribution in [-0.2, 0) is 6.54 Å². The molecule has 0 radical (unpaired) electrons. The summed E-state index contributed by atoms with van der Waals surface area (Å²) < 4.78 is 10.9. The molecule has 1 aromatic heterocycles. The van der Waals surface area contributed by atoms with Crippen LogP contribution in [0.4, 0.5) is 5.69 Å². The summed E-state index contributed by atoms with van der Waals surface area (Å²) in [5.41, 5.74) is 1.42. The van der Waals surface area contributed by atoms with Crippen molar-refractivity contribution in [2.24, 2.45) is 0 Å². The molecule has 0 spiro atoms. The fraction of sp³-hybridized carbons (Fsp3) is 0.368. The molecular weight excluding hydrogens is 332 g/mol. The number of nitrogens with zero attached hydrogens (tertiary/aromatic N) is 3. The van der Waals surface area contributed by atoms with Gasteiger partial charge in [-0.05, 0) is 12.1 Å². The molecular formula is C19H24N4O3. The Morgan fingerprint density at radius 2 is 2.12 bits per heavy atom. The van der Waals surface area contributed by atoms with Crippen LogP contribution in [0.2, 0.25) is 0 Å². The second-order valence-corrected chi connectivity index (χ2v) is 6.06. The van der Waals surface area contributed by atoms with E-state index in [0.29, 0.717) is 24.7 Å². The van der Waals surface area contributed by atoms with Gasteiger partial charge in [0, 0.05) is 32.7 Å². The summed E-state index contributed by atoms with van der Waals surface area (Å²) >= 11 is 0. The van der Waals surface area contributed by atoms with Gasteiger partial charge in [-0.2, -0.15) is 0 Å². The SMILES string of the molecule is C=CCNC(=O)c1coc(CN2CCN(c3ccccc3OC)CC2)n1. The molecule has 1 saturated heterocycles. The minimum absolute atomic E-state index is 0.249. The highest BCUT2D eigenvalue weighted by atomic mass is 16.5. The summed E-state index contributed by atoms with van der Waals surface area (Å²) in [5.74, 6) is 1.20. The maximum atomic E-state index is 11.9. The topological polar surface area (TPSA) is 70.8 Å². The fourth-order valence-electron chi connectivity index (χ4n) is 2.97. The predicted molar refractivity (Wildman–Crippen MR) is 99.5 cm³/mol. The molecule has 3 rings (SSSR count). The average Bonchev–Trinajstić information content (AvgIpc) is 3.15. The number of rotatable bonds is 7. The van der Waals surface area contributed by atoms with Gasteiger partial charge in [-0.25, -0.2) is 4.98 Å². The lowest BCUT2D eigenvalue weighted by molar-refractivity contribution is 0.0953. The molecule has 1 amide bonds. The average molecular weight is 356 g/mol. The van der Waals surface area contributed by atoms with Crippen molar-refractivity contribution in [3.05, 3.63) is 54.8 Å². The Bertz CT molecular complexity index is 751. The Kier molecular flexibility index (Phi) is 5.91. The summed E-state index contributed by atoms with van der Waals surface area (Å²) in [6.07, 6.45) is 3.03. The van der Waals surface area contributed by atoms with Gasteiger partial charge in [0.25, 0.3) is 5.91 Å². The van der Waals surface area contributed by atoms with Gasteiger partial charge >= 0.3 is 0 Å². The summed E-state index contributed by atoms with van der Waals surface area (Å²) in [6.45, 7) is 8.14. The number of carbonyl (C=O) groups excluding carboxylic acids is 1. The number of anilines is 1. The summed E-state index contributed by atoms with van der Waals surface area (Å²) in [5, 5.41) is 2.69. The van der Waals surface area contributed by atoms with Gasteiger partial charge in [0.15, 0.2) is 5.69 Å². The van der Waals surface area contributed by atoms with Crippen molar-refractivity contribution in [1.82, 2.24) is 15.2 Å². The van der Waals surface area contributed by atoms with Gasteiger partial charge in [-0.1, -0.05) is 18.2 Å². The largest absolute Gasteiger partial charge is 0.495 e. The number of nitrogens with one attached hydrogen (secondary N) is 1. The number of piperazine rings is 1. The number of hydrogen-bond acceptors (Lipinski definition) is 6. The third kappa shape index (κ3) is 4.23. The van der Waals surface area contributed by atoms with E-state index in [9.17, 15) is 4.79 Å². The number of oxazole rings is 1. The van der Waals surface area contributed by atoms with Crippen LogP contribution in [0.15, 0.2) is 47.6 Å². The van der Waals surface area contributed by atoms with E-state index in [1.165, 1.54) is 6.26 Å². The second-order valence-electron chi connectivity index (χ2n) is 6.06. The second kappa shape index (κ2) is 8.53. The molecule has 0 aliphatic carbocycles. The van der Waals surface area contributed by atoms with Gasteiger partial charge in [-0.3, -0.25) is 9.69 Å². The molecule has 0 saturated carbocycles. The normalized spacial score (nSPS) is 14.9. The zero-order valence-electron chi connectivity index (χ0n) is 15.0. The van der Waals surface area contributed by atoms with Gasteiger partial charge in [0.05, 0.1) is 19.3 Å². The highest BCUT2D eigenvalue weighted by molar-refractivity contribution is 5.91. The third-order valence-corrected chi connectivity index (χ3v) is 4.35. The molecule has 0 bridgehead atoms. The van der Waals surface area contributed by atoms with Crippen LogP contribution in [0.25, 0.3) is 0 Å². The highest BCUT2D eigenvalue weighted by Crippen LogP contribution is 2.28. The quantitative estimate of drug-likeness (QED) is 0.765. The monoisotopic (exact) mass is 356 g/mol. The van der Waals surface area contributed by atoms with Crippen LogP contribution in [0.5, 0.6) is 5.75 Å². The minimum atomic E-state index is -0.249. The molecule has 7 heteroatoms. The lowest BCUT2D eigenvalue weighted by Crippen LogP contribution is -2.46. The molecule has 7 nitrogen and oxygen atoms in total. The van der Waals surface area contributed by atoms with Crippen LogP contribution >= 0.6 is 0 Å². The van der Waals surface area contributed by atoms with Crippen LogP contribution in [-0.4, -0.2) is 55.6 Å². The van der Waals surface area contributed by atoms with Crippen molar-refractivity contribution in [1.29, 1.82) is 0 Å². The van der Waals surface area contributed by atoms with Gasteiger partial charge in [0.2, 0.25) is 5.89 Å². The molecule has 26 heavy (non-hydrogen) atoms. The van der Waals surface area contributed by atoms with E-state index in [2.05, 4.69) is 32.7 Å². The van der Waals surface area contributed by atoms with E-state index in [1.807, 2.05) is 18.2 Å². The standard InChI is InChI=1S/C19H24N4O3/c1-3-8-20-19(24)15-14-26-18(21-15)13-22-9-11-23(12-10-22)16-6-4-5-7-17(16)25-2/h3-7,14H,1,8-13H2,2H3,(H,20,24). The van der Waals surface area contributed by atoms with E-state index in [-0.39, 0.29) is 5.91 Å². The molecule has 0 atom stereocenters. The summed E-state index contributed by atoms with van der Waals surface area (Å²) in [4.78, 5) is 20.7. The molecule has 138 valence electrons. The first-order valence-electron chi connectivity index (χ1n) is 8.65. The van der Waals surface area contributed by atoms with E-state index < -0.39 is 0 Å². The maximum absolute atomic E-state index is 11.9. The number of amides is 1. The molecule has 2 aromatic rings. The zero-order chi connectivity index (χ0) is 18.4. The molecule has 0 unspecified atom stereocenters. The number of hydrogen-bond donors (Lipinski definition) is 1. The Labute approximate surface area is 153 Å². The summed E-state index contributed by atoms with van der Waals surface area (Å²) in [6, 6.07) is 8.06. The number of ether oxygens (including phenoxy) is 1. The number of benzene rings is 1. The molecule has 2 heterocycles. The van der Waals surface area contributed by atoms with Crippen LogP contribution in [0.3, 0.4) is 0 Å². The van der Waals surface area contributed by atoms with Crippen molar-refractivity contribution >= 4 is 11.6 Å². The Hall–Kier alpha value is -2.80. The Morgan fingerprint density at radius 3 is 2.85 bits per heavy atom. The molecule has 1 aromatic carbocycles. The van der Waals surface area contributed by atoms with E-state index >= 15 is 0 Å². The number of carbonyl (C=O) groups is 1. The molecule has 1 aliphatic heterocycles. The van der Waals surface area contributed by atoms with E-state index in [4.69, 9.17) is 9.15 Å². The summed E-state index contributed by atoms with van der Waals surface area (Å²) in [7, 11) is 1.69. The smallest absolute Gasteiger partial charge is 0.273 e. The first kappa shape index (κ1) is 18.0. The lowest BCUT2D eigenvalue weighted by Gasteiger charge is -2.36. The van der Waals surface area contributed by atoms with Crippen LogP contribution in [0, 0.1) is 0 Å². The fourth-order valence-corrected chi connectivity index (χ4v) is 2.97. The Balaban J connectivity index is 1.54. The molecule has 1 fully saturated rings. The number of methoxy groups -OCH3 is 1. The van der Waals surface area contributed by atoms with Crippen molar-refractivity contribution in [2.75, 3.05) is 44.7 Å². The van der Waals surface area contributed by atoms with Crippen LogP contribution < -0.4 is 15.0 Å². The molecule has 1 N–H and O–H groups in total. The highest BCUT2D eigenvalue weighted by Gasteiger charge is 2.21. The minimum Gasteiger partial charge on any atom is -0.495 e.